The molecule has 0 amide bonds. The molecule has 1 aliphatic rings. The number of aromatic nitrogens is 2. The second-order valence-corrected chi connectivity index (χ2v) is 6.65. The fourth-order valence-electron chi connectivity index (χ4n) is 2.88. The number of thiazole rings is 1. The van der Waals surface area contributed by atoms with E-state index >= 15 is 0 Å². The standard InChI is InChI=1S/C15H14ClN3S/c16-10-7-5-9(6-8-10)13-14(17)19-11-3-1-2-4-12(11)20-15(19)18-13/h5-8H,1-4,17H2. The molecular formula is C15H14ClN3S. The molecular weight excluding hydrogens is 290 g/mol. The minimum absolute atomic E-state index is 0.728. The zero-order valence-corrected chi connectivity index (χ0v) is 12.5. The van der Waals surface area contributed by atoms with Gasteiger partial charge in [0.2, 0.25) is 0 Å². The van der Waals surface area contributed by atoms with Crippen molar-refractivity contribution in [3.05, 3.63) is 39.9 Å². The summed E-state index contributed by atoms with van der Waals surface area (Å²) in [6, 6.07) is 7.69. The molecule has 3 aromatic rings. The van der Waals surface area contributed by atoms with E-state index in [-0.39, 0.29) is 0 Å². The third kappa shape index (κ3) is 1.75. The first kappa shape index (κ1) is 12.2. The first-order chi connectivity index (χ1) is 9.74. The lowest BCUT2D eigenvalue weighted by Gasteiger charge is -2.11. The lowest BCUT2D eigenvalue weighted by atomic mass is 10.0. The van der Waals surface area contributed by atoms with E-state index in [4.69, 9.17) is 22.3 Å². The van der Waals surface area contributed by atoms with Gasteiger partial charge in [-0.05, 0) is 37.8 Å². The Morgan fingerprint density at radius 3 is 2.70 bits per heavy atom. The number of hydrogen-bond donors (Lipinski definition) is 1. The Morgan fingerprint density at radius 2 is 1.90 bits per heavy atom. The summed E-state index contributed by atoms with van der Waals surface area (Å²) in [6.07, 6.45) is 4.79. The third-order valence-electron chi connectivity index (χ3n) is 3.87. The SMILES string of the molecule is Nc1c(-c2ccc(Cl)cc2)nc2sc3c(n12)CCCC3. The molecule has 2 heterocycles. The summed E-state index contributed by atoms with van der Waals surface area (Å²) in [6.45, 7) is 0. The number of anilines is 1. The normalized spacial score (nSPS) is 14.7. The fourth-order valence-corrected chi connectivity index (χ4v) is 4.22. The van der Waals surface area contributed by atoms with Crippen LogP contribution in [-0.4, -0.2) is 9.38 Å². The molecule has 0 spiro atoms. The number of nitrogens with zero attached hydrogens (tertiary/aromatic N) is 2. The van der Waals surface area contributed by atoms with E-state index in [1.807, 2.05) is 24.3 Å². The molecule has 2 N–H and O–H groups in total. The van der Waals surface area contributed by atoms with Gasteiger partial charge in [0.15, 0.2) is 4.96 Å². The topological polar surface area (TPSA) is 43.3 Å². The molecule has 0 fully saturated rings. The molecule has 1 aliphatic carbocycles. The van der Waals surface area contributed by atoms with Crippen LogP contribution in [-0.2, 0) is 12.8 Å². The van der Waals surface area contributed by atoms with Crippen LogP contribution in [0.3, 0.4) is 0 Å². The van der Waals surface area contributed by atoms with E-state index < -0.39 is 0 Å². The number of nitrogens with two attached hydrogens (primary N) is 1. The number of rotatable bonds is 1. The van der Waals surface area contributed by atoms with Crippen molar-refractivity contribution < 1.29 is 0 Å². The molecule has 0 radical (unpaired) electrons. The maximum absolute atomic E-state index is 6.35. The predicted octanol–water partition coefficient (Wildman–Crippen LogP) is 4.18. The zero-order chi connectivity index (χ0) is 13.7. The van der Waals surface area contributed by atoms with Gasteiger partial charge in [0.1, 0.15) is 11.5 Å². The molecule has 102 valence electrons. The average molecular weight is 304 g/mol. The first-order valence-corrected chi connectivity index (χ1v) is 7.98. The summed E-state index contributed by atoms with van der Waals surface area (Å²) in [5.74, 6) is 0.752. The molecule has 0 saturated heterocycles. The number of halogens is 1. The van der Waals surface area contributed by atoms with Crippen molar-refractivity contribution in [3.63, 3.8) is 0 Å². The Morgan fingerprint density at radius 1 is 1.15 bits per heavy atom. The summed E-state index contributed by atoms with van der Waals surface area (Å²) >= 11 is 7.71. The molecule has 20 heavy (non-hydrogen) atoms. The summed E-state index contributed by atoms with van der Waals surface area (Å²) in [7, 11) is 0. The van der Waals surface area contributed by atoms with Crippen LogP contribution >= 0.6 is 22.9 Å². The highest BCUT2D eigenvalue weighted by atomic mass is 35.5. The minimum atomic E-state index is 0.728. The lowest BCUT2D eigenvalue weighted by Crippen LogP contribution is -2.04. The number of hydrogen-bond acceptors (Lipinski definition) is 3. The van der Waals surface area contributed by atoms with Crippen LogP contribution in [0.5, 0.6) is 0 Å². The van der Waals surface area contributed by atoms with Crippen LogP contribution < -0.4 is 5.73 Å². The number of aryl methyl sites for hydroxylation is 2. The van der Waals surface area contributed by atoms with Gasteiger partial charge in [0.25, 0.3) is 0 Å². The Hall–Kier alpha value is -1.52. The average Bonchev–Trinajstić information content (AvgIpc) is 2.97. The van der Waals surface area contributed by atoms with Crippen LogP contribution in [0.25, 0.3) is 16.2 Å². The predicted molar refractivity (Wildman–Crippen MR) is 84.6 cm³/mol. The van der Waals surface area contributed by atoms with Crippen molar-refractivity contribution in [2.45, 2.75) is 25.7 Å². The van der Waals surface area contributed by atoms with E-state index in [2.05, 4.69) is 4.40 Å². The van der Waals surface area contributed by atoms with Gasteiger partial charge in [-0.3, -0.25) is 4.40 Å². The van der Waals surface area contributed by atoms with Gasteiger partial charge in [-0.25, -0.2) is 4.98 Å². The highest BCUT2D eigenvalue weighted by molar-refractivity contribution is 7.17. The van der Waals surface area contributed by atoms with E-state index in [1.165, 1.54) is 29.8 Å². The van der Waals surface area contributed by atoms with Gasteiger partial charge in [-0.2, -0.15) is 0 Å². The van der Waals surface area contributed by atoms with Gasteiger partial charge >= 0.3 is 0 Å². The summed E-state index contributed by atoms with van der Waals surface area (Å²) in [5, 5.41) is 0.728. The Labute approximate surface area is 126 Å². The number of benzene rings is 1. The largest absolute Gasteiger partial charge is 0.383 e. The summed E-state index contributed by atoms with van der Waals surface area (Å²) < 4.78 is 2.14. The van der Waals surface area contributed by atoms with Crippen molar-refractivity contribution in [3.8, 4) is 11.3 Å². The minimum Gasteiger partial charge on any atom is -0.383 e. The van der Waals surface area contributed by atoms with Gasteiger partial charge in [-0.1, -0.05) is 23.7 Å². The van der Waals surface area contributed by atoms with Crippen LogP contribution in [0.15, 0.2) is 24.3 Å². The van der Waals surface area contributed by atoms with Crippen molar-refractivity contribution >= 4 is 33.7 Å². The van der Waals surface area contributed by atoms with Crippen LogP contribution in [0.4, 0.5) is 5.82 Å². The van der Waals surface area contributed by atoms with Crippen molar-refractivity contribution in [1.82, 2.24) is 9.38 Å². The molecule has 1 aromatic carbocycles. The molecule has 0 bridgehead atoms. The summed E-state index contributed by atoms with van der Waals surface area (Å²) in [5.41, 5.74) is 9.60. The highest BCUT2D eigenvalue weighted by Crippen LogP contribution is 2.36. The Balaban J connectivity index is 1.91. The van der Waals surface area contributed by atoms with Crippen LogP contribution in [0, 0.1) is 0 Å². The molecule has 0 aliphatic heterocycles. The fraction of sp³-hybridized carbons (Fsp3) is 0.267. The second kappa shape index (κ2) is 4.50. The number of imidazole rings is 1. The molecule has 3 nitrogen and oxygen atoms in total. The van der Waals surface area contributed by atoms with Crippen molar-refractivity contribution in [2.24, 2.45) is 0 Å². The number of nitrogen functional groups attached to an aromatic ring is 1. The molecule has 0 saturated carbocycles. The van der Waals surface area contributed by atoms with E-state index in [9.17, 15) is 0 Å². The first-order valence-electron chi connectivity index (χ1n) is 6.78. The molecule has 4 rings (SSSR count). The maximum Gasteiger partial charge on any atom is 0.196 e. The Kier molecular flexibility index (Phi) is 2.75. The van der Waals surface area contributed by atoms with Gasteiger partial charge in [0.05, 0.1) is 0 Å². The van der Waals surface area contributed by atoms with Crippen molar-refractivity contribution in [1.29, 1.82) is 0 Å². The zero-order valence-electron chi connectivity index (χ0n) is 10.9. The van der Waals surface area contributed by atoms with E-state index in [1.54, 1.807) is 11.3 Å². The van der Waals surface area contributed by atoms with Gasteiger partial charge in [-0.15, -0.1) is 11.3 Å². The molecule has 5 heteroatoms. The van der Waals surface area contributed by atoms with Gasteiger partial charge in [0, 0.05) is 21.2 Å². The molecule has 0 atom stereocenters. The lowest BCUT2D eigenvalue weighted by molar-refractivity contribution is 0.675. The smallest absolute Gasteiger partial charge is 0.196 e. The monoisotopic (exact) mass is 303 g/mol. The molecule has 2 aromatic heterocycles. The van der Waals surface area contributed by atoms with Gasteiger partial charge < -0.3 is 5.73 Å². The molecule has 0 unspecified atom stereocenters. The van der Waals surface area contributed by atoms with E-state index in [0.29, 0.717) is 0 Å². The summed E-state index contributed by atoms with van der Waals surface area (Å²) in [4.78, 5) is 7.20. The third-order valence-corrected chi connectivity index (χ3v) is 5.27. The number of fused-ring (bicyclic) bond motifs is 3. The van der Waals surface area contributed by atoms with Crippen molar-refractivity contribution in [2.75, 3.05) is 5.73 Å². The van der Waals surface area contributed by atoms with Crippen LogP contribution in [0.1, 0.15) is 23.4 Å². The van der Waals surface area contributed by atoms with E-state index in [0.717, 1.165) is 33.5 Å². The second-order valence-electron chi connectivity index (χ2n) is 5.15. The Bertz CT molecular complexity index is 786. The highest BCUT2D eigenvalue weighted by Gasteiger charge is 2.21. The quantitative estimate of drug-likeness (QED) is 0.733. The van der Waals surface area contributed by atoms with Crippen LogP contribution in [0.2, 0.25) is 5.02 Å². The maximum atomic E-state index is 6.35.